The minimum Gasteiger partial charge on any atom is -0.327 e. The Kier molecular flexibility index (Phi) is 8.01. The van der Waals surface area contributed by atoms with Crippen LogP contribution in [0.1, 0.15) is 63.9 Å². The first kappa shape index (κ1) is 23.2. The van der Waals surface area contributed by atoms with Crippen LogP contribution in [0.15, 0.2) is 18.3 Å². The Balaban J connectivity index is 1.82. The minimum atomic E-state index is -0.559. The first-order valence-corrected chi connectivity index (χ1v) is 11.4. The van der Waals surface area contributed by atoms with Crippen molar-refractivity contribution in [3.8, 4) is 0 Å². The molecule has 1 saturated heterocycles. The lowest BCUT2D eigenvalue weighted by molar-refractivity contribution is -0.158. The number of unbranched alkanes of at least 4 members (excludes halogenated alkanes) is 1. The molecule has 2 fully saturated rings. The van der Waals surface area contributed by atoms with Gasteiger partial charge in [-0.05, 0) is 50.2 Å². The number of hydrogen-bond acceptors (Lipinski definition) is 5. The van der Waals surface area contributed by atoms with Crippen molar-refractivity contribution in [3.05, 3.63) is 23.9 Å². The summed E-state index contributed by atoms with van der Waals surface area (Å²) in [7, 11) is 0. The number of rotatable bonds is 9. The number of likely N-dealkylation sites (tertiary alicyclic amines) is 1. The molecule has 0 radical (unpaired) electrons. The topological polar surface area (TPSA) is 103 Å². The second-order valence-electron chi connectivity index (χ2n) is 8.89. The molecule has 1 aromatic heterocycles. The Morgan fingerprint density at radius 3 is 2.81 bits per heavy atom. The average Bonchev–Trinajstić information content (AvgIpc) is 3.17. The lowest BCUT2D eigenvalue weighted by Crippen LogP contribution is -2.51. The van der Waals surface area contributed by atoms with Crippen molar-refractivity contribution < 1.29 is 19.6 Å². The summed E-state index contributed by atoms with van der Waals surface area (Å²) >= 11 is 0. The zero-order valence-corrected chi connectivity index (χ0v) is 18.5. The van der Waals surface area contributed by atoms with Gasteiger partial charge < -0.3 is 10.2 Å². The van der Waals surface area contributed by atoms with E-state index in [-0.39, 0.29) is 24.4 Å². The number of carbonyl (C=O) groups excluding carboxylic acids is 3. The van der Waals surface area contributed by atoms with Crippen LogP contribution < -0.4 is 5.32 Å². The van der Waals surface area contributed by atoms with E-state index < -0.39 is 12.0 Å². The van der Waals surface area contributed by atoms with Gasteiger partial charge in [0.2, 0.25) is 18.2 Å². The van der Waals surface area contributed by atoms with Crippen LogP contribution in [0.2, 0.25) is 0 Å². The second kappa shape index (κ2) is 10.7. The molecule has 1 saturated carbocycles. The third-order valence-corrected chi connectivity index (χ3v) is 6.59. The highest BCUT2D eigenvalue weighted by molar-refractivity contribution is 5.97. The number of aryl methyl sites for hydroxylation is 1. The van der Waals surface area contributed by atoms with E-state index in [0.29, 0.717) is 36.1 Å². The maximum atomic E-state index is 13.6. The summed E-state index contributed by atoms with van der Waals surface area (Å²) < 4.78 is 0. The Hall–Kier alpha value is -2.48. The van der Waals surface area contributed by atoms with Crippen molar-refractivity contribution in [2.75, 3.05) is 11.9 Å². The maximum absolute atomic E-state index is 13.6. The summed E-state index contributed by atoms with van der Waals surface area (Å²) in [6.07, 6.45) is 9.02. The minimum absolute atomic E-state index is 0.0375. The lowest BCUT2D eigenvalue weighted by Gasteiger charge is -2.36. The van der Waals surface area contributed by atoms with Crippen LogP contribution in [0, 0.1) is 18.8 Å². The van der Waals surface area contributed by atoms with E-state index in [1.807, 2.05) is 19.9 Å². The summed E-state index contributed by atoms with van der Waals surface area (Å²) in [6, 6.07) is 3.13. The fourth-order valence-electron chi connectivity index (χ4n) is 4.99. The summed E-state index contributed by atoms with van der Waals surface area (Å²) in [5.74, 6) is -0.0978. The fourth-order valence-corrected chi connectivity index (χ4v) is 4.99. The molecule has 8 heteroatoms. The molecular weight excluding hydrogens is 396 g/mol. The fraction of sp³-hybridized carbons (Fsp3) is 0.652. The zero-order valence-electron chi connectivity index (χ0n) is 18.5. The lowest BCUT2D eigenvalue weighted by atomic mass is 9.84. The predicted molar refractivity (Wildman–Crippen MR) is 116 cm³/mol. The number of aromatic nitrogens is 1. The average molecular weight is 431 g/mol. The van der Waals surface area contributed by atoms with Gasteiger partial charge in [-0.25, -0.2) is 10.0 Å². The molecule has 2 aliphatic rings. The molecule has 1 aromatic rings. The number of nitrogens with zero attached hydrogens (tertiary/aromatic N) is 3. The summed E-state index contributed by atoms with van der Waals surface area (Å²) in [5.41, 5.74) is 1.00. The van der Waals surface area contributed by atoms with Crippen LogP contribution in [0.5, 0.6) is 0 Å². The third kappa shape index (κ3) is 5.61. The van der Waals surface area contributed by atoms with E-state index in [0.717, 1.165) is 44.1 Å². The Labute approximate surface area is 184 Å². The molecule has 1 aliphatic carbocycles. The standard InChI is InChI=1S/C23H34N4O4/c1-3-4-7-18(14-26(31)15-28)23(30)27-19-9-6-5-8-17(19)12-20(27)22(29)25-21-11-10-16(2)13-24-21/h10-11,13,15,17-20,31H,3-9,12,14H2,1-2H3,(H,24,25,29)/t17-,18-,19+,20+/m1/s1. The Morgan fingerprint density at radius 2 is 2.13 bits per heavy atom. The van der Waals surface area contributed by atoms with E-state index in [4.69, 9.17) is 0 Å². The van der Waals surface area contributed by atoms with Crippen molar-refractivity contribution in [2.24, 2.45) is 11.8 Å². The Bertz CT molecular complexity index is 769. The predicted octanol–water partition coefficient (Wildman–Crippen LogP) is 3.14. The molecule has 0 bridgehead atoms. The zero-order chi connectivity index (χ0) is 22.4. The van der Waals surface area contributed by atoms with Gasteiger partial charge in [-0.1, -0.05) is 38.7 Å². The first-order valence-electron chi connectivity index (χ1n) is 11.4. The molecule has 1 aliphatic heterocycles. The molecule has 31 heavy (non-hydrogen) atoms. The summed E-state index contributed by atoms with van der Waals surface area (Å²) in [4.78, 5) is 43.9. The van der Waals surface area contributed by atoms with Gasteiger partial charge in [-0.2, -0.15) is 0 Å². The highest BCUT2D eigenvalue weighted by Crippen LogP contribution is 2.41. The van der Waals surface area contributed by atoms with E-state index in [2.05, 4.69) is 10.3 Å². The van der Waals surface area contributed by atoms with E-state index in [1.54, 1.807) is 17.2 Å². The number of carbonyl (C=O) groups is 3. The number of nitrogens with one attached hydrogen (secondary N) is 1. The number of hydroxylamine groups is 2. The summed E-state index contributed by atoms with van der Waals surface area (Å²) in [5, 5.41) is 13.2. The second-order valence-corrected chi connectivity index (χ2v) is 8.89. The van der Waals surface area contributed by atoms with Crippen molar-refractivity contribution in [1.29, 1.82) is 0 Å². The molecule has 3 rings (SSSR count). The molecule has 2 N–H and O–H groups in total. The van der Waals surface area contributed by atoms with Crippen LogP contribution >= 0.6 is 0 Å². The van der Waals surface area contributed by atoms with Gasteiger partial charge in [-0.15, -0.1) is 0 Å². The van der Waals surface area contributed by atoms with Gasteiger partial charge in [0.15, 0.2) is 0 Å². The largest absolute Gasteiger partial charge is 0.327 e. The number of hydrogen-bond donors (Lipinski definition) is 2. The van der Waals surface area contributed by atoms with Crippen LogP contribution in [0.3, 0.4) is 0 Å². The third-order valence-electron chi connectivity index (χ3n) is 6.59. The molecule has 0 unspecified atom stereocenters. The molecule has 2 heterocycles. The molecular formula is C23H34N4O4. The molecule has 0 spiro atoms. The number of amides is 3. The van der Waals surface area contributed by atoms with Crippen molar-refractivity contribution >= 4 is 24.0 Å². The molecule has 0 aromatic carbocycles. The van der Waals surface area contributed by atoms with Gasteiger partial charge in [0.1, 0.15) is 11.9 Å². The highest BCUT2D eigenvalue weighted by Gasteiger charge is 2.48. The van der Waals surface area contributed by atoms with Gasteiger partial charge in [0.05, 0.1) is 12.5 Å². The van der Waals surface area contributed by atoms with Crippen LogP contribution in [0.4, 0.5) is 5.82 Å². The molecule has 3 amide bonds. The summed E-state index contributed by atoms with van der Waals surface area (Å²) in [6.45, 7) is 3.92. The van der Waals surface area contributed by atoms with Crippen molar-refractivity contribution in [3.63, 3.8) is 0 Å². The van der Waals surface area contributed by atoms with Crippen LogP contribution in [0.25, 0.3) is 0 Å². The molecule has 8 nitrogen and oxygen atoms in total. The number of fused-ring (bicyclic) bond motifs is 1. The van der Waals surface area contributed by atoms with E-state index in [1.165, 1.54) is 0 Å². The van der Waals surface area contributed by atoms with Gasteiger partial charge in [0, 0.05) is 12.2 Å². The molecule has 4 atom stereocenters. The highest BCUT2D eigenvalue weighted by atomic mass is 16.5. The first-order chi connectivity index (χ1) is 14.9. The number of pyridine rings is 1. The van der Waals surface area contributed by atoms with Crippen molar-refractivity contribution in [2.45, 2.75) is 77.3 Å². The molecule has 170 valence electrons. The van der Waals surface area contributed by atoms with E-state index >= 15 is 0 Å². The van der Waals surface area contributed by atoms with Gasteiger partial charge in [0.25, 0.3) is 0 Å². The number of anilines is 1. The van der Waals surface area contributed by atoms with Gasteiger partial charge >= 0.3 is 0 Å². The van der Waals surface area contributed by atoms with Crippen LogP contribution in [-0.2, 0) is 14.4 Å². The maximum Gasteiger partial charge on any atom is 0.248 e. The van der Waals surface area contributed by atoms with Gasteiger partial charge in [-0.3, -0.25) is 19.6 Å². The Morgan fingerprint density at radius 1 is 1.35 bits per heavy atom. The SMILES string of the molecule is CCCC[C@H](CN(O)C=O)C(=O)N1[C@H](C(=O)Nc2ccc(C)cn2)C[C@H]2CCCC[C@@H]21. The quantitative estimate of drug-likeness (QED) is 0.356. The smallest absolute Gasteiger partial charge is 0.248 e. The van der Waals surface area contributed by atoms with E-state index in [9.17, 15) is 19.6 Å². The monoisotopic (exact) mass is 430 g/mol. The normalized spacial score (nSPS) is 23.7. The van der Waals surface area contributed by atoms with Crippen LogP contribution in [-0.4, -0.2) is 57.0 Å². The van der Waals surface area contributed by atoms with Crippen molar-refractivity contribution in [1.82, 2.24) is 14.9 Å².